The Hall–Kier alpha value is -2.52. The van der Waals surface area contributed by atoms with Crippen molar-refractivity contribution in [2.75, 3.05) is 32.5 Å². The SMILES string of the molecule is COC(=O)c1ccc(CCSN2CCC(CN(C(=O)C(F)(F)F)C3CC3c3ccccc3)CC2)cc1. The minimum absolute atomic E-state index is 0.0187. The Balaban J connectivity index is 1.24. The molecule has 5 nitrogen and oxygen atoms in total. The number of ether oxygens (including phenoxy) is 1. The summed E-state index contributed by atoms with van der Waals surface area (Å²) in [5, 5.41) is 0. The molecule has 9 heteroatoms. The molecule has 2 fully saturated rings. The first-order chi connectivity index (χ1) is 17.3. The van der Waals surface area contributed by atoms with Gasteiger partial charge in [-0.25, -0.2) is 4.79 Å². The van der Waals surface area contributed by atoms with Crippen molar-refractivity contribution in [3.05, 3.63) is 71.3 Å². The molecule has 2 unspecified atom stereocenters. The van der Waals surface area contributed by atoms with Crippen LogP contribution in [0.4, 0.5) is 13.2 Å². The number of carbonyl (C=O) groups excluding carboxylic acids is 2. The Kier molecular flexibility index (Phi) is 8.62. The molecular weight excluding hydrogens is 489 g/mol. The molecule has 2 aromatic carbocycles. The number of nitrogens with zero attached hydrogens (tertiary/aromatic N) is 2. The second kappa shape index (κ2) is 11.7. The van der Waals surface area contributed by atoms with Gasteiger partial charge in [-0.15, -0.1) is 0 Å². The maximum atomic E-state index is 13.4. The van der Waals surface area contributed by atoms with Crippen LogP contribution in [0.25, 0.3) is 0 Å². The second-order valence-electron chi connectivity index (χ2n) is 9.42. The van der Waals surface area contributed by atoms with Crippen LogP contribution < -0.4 is 0 Å². The molecule has 0 aromatic heterocycles. The van der Waals surface area contributed by atoms with E-state index in [0.717, 1.165) is 54.1 Å². The number of carbonyl (C=O) groups is 2. The normalized spacial score (nSPS) is 20.7. The summed E-state index contributed by atoms with van der Waals surface area (Å²) in [6.45, 7) is 1.74. The lowest BCUT2D eigenvalue weighted by atomic mass is 9.97. The predicted octanol–water partition coefficient (Wildman–Crippen LogP) is 5.32. The molecule has 1 aliphatic heterocycles. The van der Waals surface area contributed by atoms with Gasteiger partial charge in [0.1, 0.15) is 0 Å². The molecule has 0 bridgehead atoms. The highest BCUT2D eigenvalue weighted by Crippen LogP contribution is 2.46. The molecule has 0 N–H and O–H groups in total. The zero-order chi connectivity index (χ0) is 25.7. The fourth-order valence-corrected chi connectivity index (χ4v) is 5.89. The van der Waals surface area contributed by atoms with Gasteiger partial charge in [0.15, 0.2) is 0 Å². The Morgan fingerprint density at radius 2 is 1.72 bits per heavy atom. The van der Waals surface area contributed by atoms with Crippen LogP contribution in [0.3, 0.4) is 0 Å². The van der Waals surface area contributed by atoms with Gasteiger partial charge in [-0.2, -0.15) is 13.2 Å². The molecule has 2 aliphatic rings. The van der Waals surface area contributed by atoms with Gasteiger partial charge in [0.2, 0.25) is 0 Å². The molecule has 2 atom stereocenters. The van der Waals surface area contributed by atoms with E-state index in [1.165, 1.54) is 7.11 Å². The average molecular weight is 521 g/mol. The molecule has 1 saturated carbocycles. The lowest BCUT2D eigenvalue weighted by Crippen LogP contribution is -2.46. The van der Waals surface area contributed by atoms with Crippen LogP contribution in [-0.2, 0) is 16.0 Å². The summed E-state index contributed by atoms with van der Waals surface area (Å²) in [4.78, 5) is 24.9. The number of hydrogen-bond acceptors (Lipinski definition) is 5. The molecule has 1 saturated heterocycles. The van der Waals surface area contributed by atoms with Crippen molar-refractivity contribution < 1.29 is 27.5 Å². The van der Waals surface area contributed by atoms with Gasteiger partial charge < -0.3 is 9.64 Å². The molecule has 2 aromatic rings. The van der Waals surface area contributed by atoms with Crippen molar-refractivity contribution in [3.8, 4) is 0 Å². The maximum Gasteiger partial charge on any atom is 0.471 e. The van der Waals surface area contributed by atoms with Gasteiger partial charge >= 0.3 is 18.1 Å². The van der Waals surface area contributed by atoms with Gasteiger partial charge in [0, 0.05) is 37.3 Å². The van der Waals surface area contributed by atoms with Gasteiger partial charge in [0.25, 0.3) is 0 Å². The second-order valence-corrected chi connectivity index (χ2v) is 10.6. The Labute approximate surface area is 214 Å². The van der Waals surface area contributed by atoms with Crippen molar-refractivity contribution in [3.63, 3.8) is 0 Å². The number of benzene rings is 2. The zero-order valence-corrected chi connectivity index (χ0v) is 21.1. The molecule has 1 aliphatic carbocycles. The molecule has 0 radical (unpaired) electrons. The minimum atomic E-state index is -4.85. The maximum absolute atomic E-state index is 13.4. The highest BCUT2D eigenvalue weighted by atomic mass is 32.2. The fourth-order valence-electron chi connectivity index (χ4n) is 4.83. The topological polar surface area (TPSA) is 49.9 Å². The summed E-state index contributed by atoms with van der Waals surface area (Å²) in [6, 6.07) is 16.5. The predicted molar refractivity (Wildman–Crippen MR) is 134 cm³/mol. The van der Waals surface area contributed by atoms with Gasteiger partial charge in [-0.05, 0) is 54.9 Å². The van der Waals surface area contributed by atoms with Crippen LogP contribution in [0.5, 0.6) is 0 Å². The van der Waals surface area contributed by atoms with Crippen molar-refractivity contribution in [2.24, 2.45) is 5.92 Å². The van der Waals surface area contributed by atoms with E-state index in [2.05, 4.69) is 4.31 Å². The first-order valence-electron chi connectivity index (χ1n) is 12.2. The lowest BCUT2D eigenvalue weighted by molar-refractivity contribution is -0.187. The molecule has 0 spiro atoms. The number of alkyl halides is 3. The quantitative estimate of drug-likeness (QED) is 0.331. The third kappa shape index (κ3) is 6.82. The van der Waals surface area contributed by atoms with E-state index in [0.29, 0.717) is 12.0 Å². The largest absolute Gasteiger partial charge is 0.471 e. The third-order valence-corrected chi connectivity index (χ3v) is 8.07. The molecule has 194 valence electrons. The number of esters is 1. The Morgan fingerprint density at radius 3 is 2.33 bits per heavy atom. The van der Waals surface area contributed by atoms with Crippen molar-refractivity contribution >= 4 is 23.8 Å². The van der Waals surface area contributed by atoms with E-state index in [9.17, 15) is 22.8 Å². The highest BCUT2D eigenvalue weighted by Gasteiger charge is 2.52. The molecule has 1 heterocycles. The van der Waals surface area contributed by atoms with E-state index < -0.39 is 12.1 Å². The summed E-state index contributed by atoms with van der Waals surface area (Å²) < 4.78 is 47.1. The van der Waals surface area contributed by atoms with E-state index in [-0.39, 0.29) is 30.4 Å². The number of amides is 1. The number of rotatable bonds is 9. The van der Waals surface area contributed by atoms with Gasteiger partial charge in [-0.3, -0.25) is 9.10 Å². The van der Waals surface area contributed by atoms with E-state index in [1.807, 2.05) is 42.5 Å². The summed E-state index contributed by atoms with van der Waals surface area (Å²) >= 11 is 1.74. The summed E-state index contributed by atoms with van der Waals surface area (Å²) in [6.07, 6.45) is -1.88. The average Bonchev–Trinajstić information content (AvgIpc) is 3.68. The summed E-state index contributed by atoms with van der Waals surface area (Å²) in [5.74, 6) is -1.14. The first-order valence-corrected chi connectivity index (χ1v) is 13.2. The van der Waals surface area contributed by atoms with E-state index in [4.69, 9.17) is 4.74 Å². The first kappa shape index (κ1) is 26.5. The third-order valence-electron chi connectivity index (χ3n) is 6.96. The van der Waals surface area contributed by atoms with Crippen molar-refractivity contribution in [1.29, 1.82) is 0 Å². The minimum Gasteiger partial charge on any atom is -0.465 e. The van der Waals surface area contributed by atoms with E-state index in [1.54, 1.807) is 24.1 Å². The van der Waals surface area contributed by atoms with Crippen LogP contribution in [-0.4, -0.2) is 65.8 Å². The monoisotopic (exact) mass is 520 g/mol. The molecule has 36 heavy (non-hydrogen) atoms. The molecule has 4 rings (SSSR count). The van der Waals surface area contributed by atoms with Crippen LogP contribution in [0, 0.1) is 5.92 Å². The van der Waals surface area contributed by atoms with Crippen LogP contribution in [0.2, 0.25) is 0 Å². The molecule has 1 amide bonds. The van der Waals surface area contributed by atoms with Crippen LogP contribution in [0.1, 0.15) is 46.7 Å². The zero-order valence-electron chi connectivity index (χ0n) is 20.2. The van der Waals surface area contributed by atoms with Crippen LogP contribution >= 0.6 is 11.9 Å². The lowest BCUT2D eigenvalue weighted by Gasteiger charge is -2.35. The summed E-state index contributed by atoms with van der Waals surface area (Å²) in [5.41, 5.74) is 2.65. The van der Waals surface area contributed by atoms with Crippen molar-refractivity contribution in [1.82, 2.24) is 9.21 Å². The number of aryl methyl sites for hydroxylation is 1. The fraction of sp³-hybridized carbons (Fsp3) is 0.481. The standard InChI is InChI=1S/C27H31F3N2O3S/c1-35-25(33)22-9-7-19(8-10-22)13-16-36-31-14-11-20(12-15-31)18-32(26(34)27(28,29)30)24-17-23(24)21-5-3-2-4-6-21/h2-10,20,23-24H,11-18H2,1H3. The number of methoxy groups -OCH3 is 1. The van der Waals surface area contributed by atoms with Gasteiger partial charge in [-0.1, -0.05) is 54.4 Å². The highest BCUT2D eigenvalue weighted by molar-refractivity contribution is 7.97. The molecular formula is C27H31F3N2O3S. The van der Waals surface area contributed by atoms with Gasteiger partial charge in [0.05, 0.1) is 12.7 Å². The number of hydrogen-bond donors (Lipinski definition) is 0. The van der Waals surface area contributed by atoms with E-state index >= 15 is 0 Å². The Morgan fingerprint density at radius 1 is 1.06 bits per heavy atom. The number of piperidine rings is 1. The van der Waals surface area contributed by atoms with Crippen LogP contribution in [0.15, 0.2) is 54.6 Å². The van der Waals surface area contributed by atoms with Crippen molar-refractivity contribution in [2.45, 2.75) is 43.8 Å². The Bertz CT molecular complexity index is 1020. The summed E-state index contributed by atoms with van der Waals surface area (Å²) in [7, 11) is 1.36. The number of halogens is 3. The smallest absolute Gasteiger partial charge is 0.465 e.